The molecule has 0 aromatic heterocycles. The molecule has 1 aliphatic rings. The van der Waals surface area contributed by atoms with Gasteiger partial charge in [-0.2, -0.15) is 0 Å². The third-order valence-corrected chi connectivity index (χ3v) is 4.27. The van der Waals surface area contributed by atoms with Gasteiger partial charge in [-0.15, -0.1) is 6.58 Å². The number of allylic oxidation sites excluding steroid dienone is 1. The van der Waals surface area contributed by atoms with E-state index in [0.717, 1.165) is 18.4 Å². The normalized spacial score (nSPS) is 24.7. The summed E-state index contributed by atoms with van der Waals surface area (Å²) in [4.78, 5) is 26.1. The smallest absolute Gasteiger partial charge is 0.409 e. The van der Waals surface area contributed by atoms with Gasteiger partial charge in [0.1, 0.15) is 0 Å². The highest BCUT2D eigenvalue weighted by Gasteiger charge is 2.46. The van der Waals surface area contributed by atoms with E-state index < -0.39 is 5.41 Å². The van der Waals surface area contributed by atoms with E-state index >= 15 is 0 Å². The van der Waals surface area contributed by atoms with E-state index in [1.807, 2.05) is 13.8 Å². The SMILES string of the molecule is C=C(C)CC1(C(=O)OC)CCN(C(=O)OCCCC)[C@H](C)C1. The zero-order chi connectivity index (χ0) is 16.8. The highest BCUT2D eigenvalue weighted by Crippen LogP contribution is 2.41. The van der Waals surface area contributed by atoms with Gasteiger partial charge >= 0.3 is 12.1 Å². The second kappa shape index (κ2) is 8.20. The molecule has 1 heterocycles. The van der Waals surface area contributed by atoms with Crippen LogP contribution in [0.5, 0.6) is 0 Å². The zero-order valence-electron chi connectivity index (χ0n) is 14.3. The Balaban J connectivity index is 2.74. The first-order valence-electron chi connectivity index (χ1n) is 8.02. The molecule has 2 atom stereocenters. The number of rotatable bonds is 6. The Labute approximate surface area is 133 Å². The van der Waals surface area contributed by atoms with Crippen molar-refractivity contribution in [3.8, 4) is 0 Å². The molecule has 0 aromatic carbocycles. The summed E-state index contributed by atoms with van der Waals surface area (Å²) in [5, 5.41) is 0. The van der Waals surface area contributed by atoms with Crippen molar-refractivity contribution in [1.82, 2.24) is 4.90 Å². The minimum Gasteiger partial charge on any atom is -0.469 e. The summed E-state index contributed by atoms with van der Waals surface area (Å²) in [7, 11) is 1.42. The lowest BCUT2D eigenvalue weighted by Crippen LogP contribution is -2.51. The highest BCUT2D eigenvalue weighted by atomic mass is 16.6. The van der Waals surface area contributed by atoms with E-state index in [2.05, 4.69) is 13.5 Å². The first kappa shape index (κ1) is 18.5. The Morgan fingerprint density at radius 1 is 1.41 bits per heavy atom. The topological polar surface area (TPSA) is 55.8 Å². The average Bonchev–Trinajstić information content (AvgIpc) is 2.45. The van der Waals surface area contributed by atoms with Crippen LogP contribution in [0.1, 0.15) is 52.9 Å². The van der Waals surface area contributed by atoms with Crippen molar-refractivity contribution >= 4 is 12.1 Å². The van der Waals surface area contributed by atoms with Crippen LogP contribution in [0.3, 0.4) is 0 Å². The number of unbranched alkanes of at least 4 members (excludes halogenated alkanes) is 1. The van der Waals surface area contributed by atoms with E-state index in [1.54, 1.807) is 4.90 Å². The van der Waals surface area contributed by atoms with Gasteiger partial charge in [-0.05, 0) is 39.5 Å². The minimum absolute atomic E-state index is 0.0543. The maximum atomic E-state index is 12.3. The van der Waals surface area contributed by atoms with Crippen LogP contribution in [-0.4, -0.2) is 43.3 Å². The first-order valence-corrected chi connectivity index (χ1v) is 8.02. The summed E-state index contributed by atoms with van der Waals surface area (Å²) in [5.41, 5.74) is 0.386. The van der Waals surface area contributed by atoms with Crippen LogP contribution in [0.15, 0.2) is 12.2 Å². The number of ether oxygens (including phenoxy) is 2. The molecule has 126 valence electrons. The van der Waals surface area contributed by atoms with E-state index in [1.165, 1.54) is 7.11 Å². The number of hydrogen-bond acceptors (Lipinski definition) is 4. The molecule has 1 amide bonds. The second-order valence-corrected chi connectivity index (χ2v) is 6.37. The monoisotopic (exact) mass is 311 g/mol. The Kier molecular flexibility index (Phi) is 6.91. The molecule has 0 N–H and O–H groups in total. The molecule has 5 nitrogen and oxygen atoms in total. The summed E-state index contributed by atoms with van der Waals surface area (Å²) in [6.07, 6.45) is 3.34. The van der Waals surface area contributed by atoms with Gasteiger partial charge < -0.3 is 14.4 Å². The number of amides is 1. The van der Waals surface area contributed by atoms with Crippen LogP contribution in [0.2, 0.25) is 0 Å². The van der Waals surface area contributed by atoms with Crippen molar-refractivity contribution in [2.45, 2.75) is 58.9 Å². The summed E-state index contributed by atoms with van der Waals surface area (Å²) in [5.74, 6) is -0.207. The number of hydrogen-bond donors (Lipinski definition) is 0. The van der Waals surface area contributed by atoms with E-state index in [-0.39, 0.29) is 18.1 Å². The summed E-state index contributed by atoms with van der Waals surface area (Å²) >= 11 is 0. The average molecular weight is 311 g/mol. The van der Waals surface area contributed by atoms with Gasteiger partial charge in [0, 0.05) is 12.6 Å². The fourth-order valence-corrected chi connectivity index (χ4v) is 3.20. The molecular weight excluding hydrogens is 282 g/mol. The van der Waals surface area contributed by atoms with Crippen molar-refractivity contribution in [2.24, 2.45) is 5.41 Å². The quantitative estimate of drug-likeness (QED) is 0.428. The number of carbonyl (C=O) groups excluding carboxylic acids is 2. The number of likely N-dealkylation sites (tertiary alicyclic amines) is 1. The van der Waals surface area contributed by atoms with Crippen LogP contribution in [0.25, 0.3) is 0 Å². The van der Waals surface area contributed by atoms with E-state index in [0.29, 0.717) is 32.4 Å². The Morgan fingerprint density at radius 3 is 2.59 bits per heavy atom. The Hall–Kier alpha value is -1.52. The van der Waals surface area contributed by atoms with Gasteiger partial charge in [-0.25, -0.2) is 4.79 Å². The minimum atomic E-state index is -0.569. The van der Waals surface area contributed by atoms with E-state index in [4.69, 9.17) is 9.47 Å². The summed E-state index contributed by atoms with van der Waals surface area (Å²) in [6.45, 7) is 10.8. The maximum Gasteiger partial charge on any atom is 0.409 e. The number of esters is 1. The molecule has 22 heavy (non-hydrogen) atoms. The molecular formula is C17H29NO4. The highest BCUT2D eigenvalue weighted by molar-refractivity contribution is 5.78. The lowest BCUT2D eigenvalue weighted by Gasteiger charge is -2.43. The third-order valence-electron chi connectivity index (χ3n) is 4.27. The molecule has 1 rings (SSSR count). The third kappa shape index (κ3) is 4.49. The second-order valence-electron chi connectivity index (χ2n) is 6.37. The van der Waals surface area contributed by atoms with Gasteiger partial charge in [-0.3, -0.25) is 4.79 Å². The van der Waals surface area contributed by atoms with Gasteiger partial charge in [0.05, 0.1) is 19.1 Å². The van der Waals surface area contributed by atoms with Gasteiger partial charge in [0.25, 0.3) is 0 Å². The zero-order valence-corrected chi connectivity index (χ0v) is 14.3. The molecule has 0 aromatic rings. The lowest BCUT2D eigenvalue weighted by molar-refractivity contribution is -0.157. The van der Waals surface area contributed by atoms with Crippen LogP contribution >= 0.6 is 0 Å². The molecule has 1 aliphatic heterocycles. The van der Waals surface area contributed by atoms with Gasteiger partial charge in [0.15, 0.2) is 0 Å². The standard InChI is InChI=1S/C17H29NO4/c1-6-7-10-22-16(20)18-9-8-17(11-13(2)3,12-14(18)4)15(19)21-5/h14H,2,6-12H2,1,3-5H3/t14-,17?/m1/s1. The number of methoxy groups -OCH3 is 1. The van der Waals surface area contributed by atoms with E-state index in [9.17, 15) is 9.59 Å². The number of piperidine rings is 1. The summed E-state index contributed by atoms with van der Waals surface area (Å²) < 4.78 is 10.3. The fourth-order valence-electron chi connectivity index (χ4n) is 3.20. The fraction of sp³-hybridized carbons (Fsp3) is 0.765. The molecule has 0 radical (unpaired) electrons. The van der Waals surface area contributed by atoms with Gasteiger partial charge in [-0.1, -0.05) is 18.9 Å². The molecule has 1 unspecified atom stereocenters. The van der Waals surface area contributed by atoms with Crippen molar-refractivity contribution in [3.05, 3.63) is 12.2 Å². The lowest BCUT2D eigenvalue weighted by atomic mass is 9.71. The molecule has 0 saturated carbocycles. The molecule has 0 spiro atoms. The number of carbonyl (C=O) groups is 2. The van der Waals surface area contributed by atoms with Crippen LogP contribution in [0.4, 0.5) is 4.79 Å². The molecule has 1 fully saturated rings. The van der Waals surface area contributed by atoms with Crippen molar-refractivity contribution in [2.75, 3.05) is 20.3 Å². The van der Waals surface area contributed by atoms with Gasteiger partial charge in [0.2, 0.25) is 0 Å². The number of nitrogens with zero attached hydrogens (tertiary/aromatic N) is 1. The predicted octanol–water partition coefficient (Wildman–Crippen LogP) is 3.53. The summed E-state index contributed by atoms with van der Waals surface area (Å²) in [6, 6.07) is -0.0543. The molecule has 0 aliphatic carbocycles. The maximum absolute atomic E-state index is 12.3. The first-order chi connectivity index (χ1) is 10.4. The molecule has 1 saturated heterocycles. The Morgan fingerprint density at radius 2 is 2.09 bits per heavy atom. The van der Waals surface area contributed by atoms with Crippen LogP contribution in [0, 0.1) is 5.41 Å². The van der Waals surface area contributed by atoms with Crippen molar-refractivity contribution in [3.63, 3.8) is 0 Å². The predicted molar refractivity (Wildman–Crippen MR) is 85.5 cm³/mol. The van der Waals surface area contributed by atoms with Crippen molar-refractivity contribution < 1.29 is 19.1 Å². The molecule has 0 bridgehead atoms. The van der Waals surface area contributed by atoms with Crippen LogP contribution in [-0.2, 0) is 14.3 Å². The van der Waals surface area contributed by atoms with Crippen LogP contribution < -0.4 is 0 Å². The van der Waals surface area contributed by atoms with Crippen molar-refractivity contribution in [1.29, 1.82) is 0 Å². The molecule has 5 heteroatoms. The largest absolute Gasteiger partial charge is 0.469 e. The Bertz CT molecular complexity index is 421.